The van der Waals surface area contributed by atoms with E-state index in [9.17, 15) is 13.2 Å². The van der Waals surface area contributed by atoms with Crippen molar-refractivity contribution in [1.82, 2.24) is 25.4 Å². The Hall–Kier alpha value is -1.93. The molecule has 2 aromatic heterocycles. The van der Waals surface area contributed by atoms with Gasteiger partial charge in [-0.2, -0.15) is 18.3 Å². The van der Waals surface area contributed by atoms with Crippen molar-refractivity contribution in [2.45, 2.75) is 19.1 Å². The highest BCUT2D eigenvalue weighted by Crippen LogP contribution is 2.23. The van der Waals surface area contributed by atoms with Crippen LogP contribution in [0.15, 0.2) is 30.7 Å². The molecule has 1 saturated heterocycles. The second-order valence-corrected chi connectivity index (χ2v) is 6.15. The number of H-pyrrole nitrogens is 1. The van der Waals surface area contributed by atoms with E-state index in [1.165, 1.54) is 4.90 Å². The molecule has 2 aromatic rings. The van der Waals surface area contributed by atoms with Crippen molar-refractivity contribution in [3.8, 4) is 11.3 Å². The molecule has 8 heteroatoms. The van der Waals surface area contributed by atoms with Crippen molar-refractivity contribution in [2.24, 2.45) is 5.92 Å². The molecule has 2 N–H and O–H groups in total. The van der Waals surface area contributed by atoms with Gasteiger partial charge in [0, 0.05) is 36.6 Å². The third-order valence-electron chi connectivity index (χ3n) is 4.19. The van der Waals surface area contributed by atoms with Crippen molar-refractivity contribution in [2.75, 3.05) is 26.2 Å². The number of halogens is 3. The highest BCUT2D eigenvalue weighted by atomic mass is 19.4. The van der Waals surface area contributed by atoms with Crippen LogP contribution in [0, 0.1) is 5.92 Å². The summed E-state index contributed by atoms with van der Waals surface area (Å²) in [5, 5.41) is 10.4. The van der Waals surface area contributed by atoms with Crippen molar-refractivity contribution < 1.29 is 13.2 Å². The van der Waals surface area contributed by atoms with Crippen molar-refractivity contribution >= 4 is 0 Å². The molecule has 0 bridgehead atoms. The van der Waals surface area contributed by atoms with E-state index in [1.807, 2.05) is 12.1 Å². The minimum atomic E-state index is -4.11. The Balaban J connectivity index is 1.48. The molecule has 1 fully saturated rings. The second kappa shape index (κ2) is 7.31. The summed E-state index contributed by atoms with van der Waals surface area (Å²) in [6.07, 6.45) is 1.93. The van der Waals surface area contributed by atoms with Crippen LogP contribution in [0.4, 0.5) is 13.2 Å². The summed E-state index contributed by atoms with van der Waals surface area (Å²) in [6, 6.07) is 3.82. The zero-order chi connectivity index (χ0) is 17.0. The topological polar surface area (TPSA) is 56.8 Å². The molecule has 1 aliphatic heterocycles. The zero-order valence-corrected chi connectivity index (χ0v) is 13.2. The molecule has 24 heavy (non-hydrogen) atoms. The van der Waals surface area contributed by atoms with Crippen LogP contribution in [-0.2, 0) is 6.54 Å². The van der Waals surface area contributed by atoms with E-state index < -0.39 is 12.7 Å². The predicted octanol–water partition coefficient (Wildman–Crippen LogP) is 2.45. The summed E-state index contributed by atoms with van der Waals surface area (Å²) < 4.78 is 37.2. The van der Waals surface area contributed by atoms with Gasteiger partial charge < -0.3 is 5.32 Å². The van der Waals surface area contributed by atoms with E-state index in [0.29, 0.717) is 26.2 Å². The molecule has 0 amide bonds. The molecule has 3 rings (SSSR count). The van der Waals surface area contributed by atoms with Gasteiger partial charge in [0.15, 0.2) is 0 Å². The Bertz CT molecular complexity index is 641. The van der Waals surface area contributed by atoms with Gasteiger partial charge in [-0.3, -0.25) is 15.0 Å². The van der Waals surface area contributed by atoms with Crippen LogP contribution in [0.25, 0.3) is 11.3 Å². The lowest BCUT2D eigenvalue weighted by Crippen LogP contribution is -2.33. The molecule has 0 radical (unpaired) electrons. The lowest BCUT2D eigenvalue weighted by atomic mass is 10.1. The number of aromatic amines is 1. The Morgan fingerprint density at radius 2 is 2.21 bits per heavy atom. The van der Waals surface area contributed by atoms with E-state index in [1.54, 1.807) is 18.6 Å². The maximum absolute atomic E-state index is 12.4. The average Bonchev–Trinajstić information content (AvgIpc) is 3.16. The fourth-order valence-electron chi connectivity index (χ4n) is 3.09. The number of aromatic nitrogens is 3. The molecule has 5 nitrogen and oxygen atoms in total. The Morgan fingerprint density at radius 3 is 2.96 bits per heavy atom. The number of nitrogens with one attached hydrogen (secondary N) is 2. The molecule has 1 unspecified atom stereocenters. The molecular formula is C16H20F3N5. The van der Waals surface area contributed by atoms with E-state index in [2.05, 4.69) is 20.5 Å². The molecule has 0 spiro atoms. The third-order valence-corrected chi connectivity index (χ3v) is 4.19. The quantitative estimate of drug-likeness (QED) is 0.849. The van der Waals surface area contributed by atoms with Crippen LogP contribution in [-0.4, -0.2) is 52.4 Å². The van der Waals surface area contributed by atoms with E-state index in [0.717, 1.165) is 23.2 Å². The van der Waals surface area contributed by atoms with Crippen LogP contribution < -0.4 is 5.32 Å². The van der Waals surface area contributed by atoms with Gasteiger partial charge in [0.2, 0.25) is 0 Å². The fourth-order valence-corrected chi connectivity index (χ4v) is 3.09. The predicted molar refractivity (Wildman–Crippen MR) is 84.1 cm³/mol. The number of hydrogen-bond donors (Lipinski definition) is 2. The summed E-state index contributed by atoms with van der Waals surface area (Å²) in [4.78, 5) is 5.57. The first-order valence-electron chi connectivity index (χ1n) is 7.94. The summed E-state index contributed by atoms with van der Waals surface area (Å²) in [5.41, 5.74) is 2.90. The SMILES string of the molecule is FC(F)(F)CN1CCC(CNCc2cn[nH]c2-c2cccnc2)C1. The zero-order valence-electron chi connectivity index (χ0n) is 13.2. The summed E-state index contributed by atoms with van der Waals surface area (Å²) >= 11 is 0. The Morgan fingerprint density at radius 1 is 1.33 bits per heavy atom. The third kappa shape index (κ3) is 4.55. The first kappa shape index (κ1) is 16.9. The van der Waals surface area contributed by atoms with Gasteiger partial charge in [-0.15, -0.1) is 0 Å². The first-order valence-corrected chi connectivity index (χ1v) is 7.94. The van der Waals surface area contributed by atoms with Crippen LogP contribution in [0.1, 0.15) is 12.0 Å². The summed E-state index contributed by atoms with van der Waals surface area (Å²) in [7, 11) is 0. The smallest absolute Gasteiger partial charge is 0.312 e. The number of pyridine rings is 1. The standard InChI is InChI=1S/C16H20F3N5/c17-16(18,19)11-24-5-3-12(10-24)6-21-8-14-9-22-23-15(14)13-2-1-4-20-7-13/h1-2,4,7,9,12,21H,3,5-6,8,10-11H2,(H,22,23). The lowest BCUT2D eigenvalue weighted by molar-refractivity contribution is -0.143. The monoisotopic (exact) mass is 339 g/mol. The highest BCUT2D eigenvalue weighted by molar-refractivity contribution is 5.61. The van der Waals surface area contributed by atoms with Crippen LogP contribution in [0.3, 0.4) is 0 Å². The van der Waals surface area contributed by atoms with Gasteiger partial charge in [-0.05, 0) is 37.6 Å². The second-order valence-electron chi connectivity index (χ2n) is 6.15. The molecule has 1 atom stereocenters. The van der Waals surface area contributed by atoms with Crippen LogP contribution in [0.5, 0.6) is 0 Å². The fraction of sp³-hybridized carbons (Fsp3) is 0.500. The molecule has 0 aliphatic carbocycles. The van der Waals surface area contributed by atoms with E-state index in [-0.39, 0.29) is 5.92 Å². The van der Waals surface area contributed by atoms with Crippen LogP contribution in [0.2, 0.25) is 0 Å². The number of hydrogen-bond acceptors (Lipinski definition) is 4. The minimum Gasteiger partial charge on any atom is -0.312 e. The van der Waals surface area contributed by atoms with Gasteiger partial charge >= 0.3 is 6.18 Å². The van der Waals surface area contributed by atoms with E-state index in [4.69, 9.17) is 0 Å². The van der Waals surface area contributed by atoms with Gasteiger partial charge in [-0.25, -0.2) is 0 Å². The van der Waals surface area contributed by atoms with Crippen molar-refractivity contribution in [3.63, 3.8) is 0 Å². The molecule has 3 heterocycles. The van der Waals surface area contributed by atoms with Gasteiger partial charge in [0.05, 0.1) is 18.4 Å². The number of likely N-dealkylation sites (tertiary alicyclic amines) is 1. The number of nitrogens with zero attached hydrogens (tertiary/aromatic N) is 3. The lowest BCUT2D eigenvalue weighted by Gasteiger charge is -2.18. The molecule has 0 saturated carbocycles. The highest BCUT2D eigenvalue weighted by Gasteiger charge is 2.34. The number of alkyl halides is 3. The minimum absolute atomic E-state index is 0.251. The average molecular weight is 339 g/mol. The number of rotatable bonds is 6. The van der Waals surface area contributed by atoms with Crippen molar-refractivity contribution in [3.05, 3.63) is 36.3 Å². The summed E-state index contributed by atoms with van der Waals surface area (Å²) in [5.74, 6) is 0.251. The maximum atomic E-state index is 12.4. The first-order chi connectivity index (χ1) is 11.5. The van der Waals surface area contributed by atoms with Gasteiger partial charge in [-0.1, -0.05) is 0 Å². The largest absolute Gasteiger partial charge is 0.401 e. The Labute approximate surface area is 138 Å². The van der Waals surface area contributed by atoms with Gasteiger partial charge in [0.1, 0.15) is 0 Å². The van der Waals surface area contributed by atoms with E-state index >= 15 is 0 Å². The maximum Gasteiger partial charge on any atom is 0.401 e. The molecular weight excluding hydrogens is 319 g/mol. The Kier molecular flexibility index (Phi) is 5.15. The molecule has 1 aliphatic rings. The summed E-state index contributed by atoms with van der Waals surface area (Å²) in [6.45, 7) is 1.52. The molecule has 130 valence electrons. The molecule has 0 aromatic carbocycles. The normalized spacial score (nSPS) is 19.0. The van der Waals surface area contributed by atoms with Crippen molar-refractivity contribution in [1.29, 1.82) is 0 Å². The van der Waals surface area contributed by atoms with Crippen LogP contribution >= 0.6 is 0 Å². The van der Waals surface area contributed by atoms with Gasteiger partial charge in [0.25, 0.3) is 0 Å².